The van der Waals surface area contributed by atoms with Gasteiger partial charge in [0.2, 0.25) is 0 Å². The van der Waals surface area contributed by atoms with Crippen LogP contribution >= 0.6 is 0 Å². The van der Waals surface area contributed by atoms with E-state index in [0.717, 1.165) is 30.5 Å². The molecule has 0 bridgehead atoms. The minimum Gasteiger partial charge on any atom is -0.467 e. The van der Waals surface area contributed by atoms with Crippen LogP contribution in [0, 0.1) is 0 Å². The van der Waals surface area contributed by atoms with Crippen LogP contribution in [-0.4, -0.2) is 55.6 Å². The molecule has 0 unspecified atom stereocenters. The van der Waals surface area contributed by atoms with E-state index in [1.165, 1.54) is 36.3 Å². The van der Waals surface area contributed by atoms with Crippen molar-refractivity contribution in [1.29, 1.82) is 0 Å². The van der Waals surface area contributed by atoms with E-state index in [4.69, 9.17) is 4.42 Å². The molecule has 32 heavy (non-hydrogen) atoms. The lowest BCUT2D eigenvalue weighted by molar-refractivity contribution is 0.0552. The summed E-state index contributed by atoms with van der Waals surface area (Å²) in [5.74, 6) is 0.195. The van der Waals surface area contributed by atoms with Gasteiger partial charge in [0, 0.05) is 33.3 Å². The molecule has 0 aliphatic carbocycles. The SMILES string of the molecule is CN1CCC(N(Cc2ccco2)C(=O)c2cc(=O)n(C)c3c2c(=O)n(C)c(=O)n3C)CC1. The molecule has 0 spiro atoms. The fourth-order valence-electron chi connectivity index (χ4n) is 4.43. The Morgan fingerprint density at radius 1 is 1.06 bits per heavy atom. The summed E-state index contributed by atoms with van der Waals surface area (Å²) < 4.78 is 8.89. The Labute approximate surface area is 183 Å². The lowest BCUT2D eigenvalue weighted by atomic mass is 10.0. The lowest BCUT2D eigenvalue weighted by Crippen LogP contribution is -2.47. The number of aryl methyl sites for hydroxylation is 2. The number of hydrogen-bond donors (Lipinski definition) is 0. The molecule has 1 fully saturated rings. The number of likely N-dealkylation sites (tertiary alicyclic amines) is 1. The minimum atomic E-state index is -0.608. The molecule has 4 heterocycles. The van der Waals surface area contributed by atoms with Gasteiger partial charge in [-0.2, -0.15) is 0 Å². The van der Waals surface area contributed by atoms with Gasteiger partial charge in [-0.05, 0) is 45.1 Å². The Morgan fingerprint density at radius 3 is 2.38 bits per heavy atom. The molecule has 1 aliphatic heterocycles. The van der Waals surface area contributed by atoms with Gasteiger partial charge in [-0.25, -0.2) is 4.79 Å². The Morgan fingerprint density at radius 2 is 1.75 bits per heavy atom. The van der Waals surface area contributed by atoms with Crippen molar-refractivity contribution in [1.82, 2.24) is 23.5 Å². The second kappa shape index (κ2) is 8.27. The molecule has 3 aromatic heterocycles. The van der Waals surface area contributed by atoms with E-state index in [1.54, 1.807) is 23.3 Å². The molecule has 3 aromatic rings. The first-order valence-electron chi connectivity index (χ1n) is 10.5. The van der Waals surface area contributed by atoms with Crippen LogP contribution in [0.25, 0.3) is 11.0 Å². The average molecular weight is 441 g/mol. The van der Waals surface area contributed by atoms with E-state index >= 15 is 0 Å². The number of piperidine rings is 1. The predicted molar refractivity (Wildman–Crippen MR) is 119 cm³/mol. The van der Waals surface area contributed by atoms with E-state index in [1.807, 2.05) is 7.05 Å². The fraction of sp³-hybridized carbons (Fsp3) is 0.455. The second-order valence-electron chi connectivity index (χ2n) is 8.41. The number of nitrogens with zero attached hydrogens (tertiary/aromatic N) is 5. The van der Waals surface area contributed by atoms with Crippen LogP contribution in [0.3, 0.4) is 0 Å². The molecule has 1 amide bonds. The summed E-state index contributed by atoms with van der Waals surface area (Å²) in [4.78, 5) is 56.0. The summed E-state index contributed by atoms with van der Waals surface area (Å²) in [5, 5.41) is 0.0547. The Bertz CT molecular complexity index is 1340. The maximum Gasteiger partial charge on any atom is 0.332 e. The highest BCUT2D eigenvalue weighted by Crippen LogP contribution is 2.23. The third-order valence-corrected chi connectivity index (χ3v) is 6.35. The molecule has 170 valence electrons. The maximum absolute atomic E-state index is 13.9. The van der Waals surface area contributed by atoms with E-state index < -0.39 is 22.7 Å². The molecule has 0 N–H and O–H groups in total. The molecular formula is C22H27N5O5. The number of furan rings is 1. The van der Waals surface area contributed by atoms with Gasteiger partial charge in [-0.15, -0.1) is 0 Å². The van der Waals surface area contributed by atoms with E-state index in [-0.39, 0.29) is 29.2 Å². The molecule has 0 atom stereocenters. The van der Waals surface area contributed by atoms with Gasteiger partial charge in [-0.1, -0.05) is 0 Å². The topological polar surface area (TPSA) is 103 Å². The van der Waals surface area contributed by atoms with Gasteiger partial charge in [0.25, 0.3) is 17.0 Å². The van der Waals surface area contributed by atoms with Crippen LogP contribution in [-0.2, 0) is 27.7 Å². The van der Waals surface area contributed by atoms with Gasteiger partial charge < -0.3 is 14.2 Å². The van der Waals surface area contributed by atoms with Crippen LogP contribution in [0.4, 0.5) is 0 Å². The Hall–Kier alpha value is -3.40. The number of pyridine rings is 1. The van der Waals surface area contributed by atoms with Gasteiger partial charge in [0.05, 0.1) is 23.8 Å². The van der Waals surface area contributed by atoms with Crippen molar-refractivity contribution in [2.45, 2.75) is 25.4 Å². The number of amides is 1. The normalized spacial score (nSPS) is 15.4. The van der Waals surface area contributed by atoms with Gasteiger partial charge in [-0.3, -0.25) is 28.1 Å². The van der Waals surface area contributed by atoms with E-state index in [9.17, 15) is 19.2 Å². The number of aromatic nitrogens is 3. The monoisotopic (exact) mass is 441 g/mol. The summed E-state index contributed by atoms with van der Waals surface area (Å²) in [7, 11) is 6.36. The van der Waals surface area contributed by atoms with Gasteiger partial charge in [0.15, 0.2) is 0 Å². The van der Waals surface area contributed by atoms with Crippen LogP contribution in [0.15, 0.2) is 43.3 Å². The summed E-state index contributed by atoms with van der Waals surface area (Å²) in [6, 6.07) is 4.67. The third kappa shape index (κ3) is 3.60. The first-order chi connectivity index (χ1) is 15.2. The van der Waals surface area contributed by atoms with Crippen LogP contribution in [0.1, 0.15) is 29.0 Å². The zero-order valence-electron chi connectivity index (χ0n) is 18.7. The summed E-state index contributed by atoms with van der Waals surface area (Å²) in [5.41, 5.74) is -1.52. The standard InChI is InChI=1S/C22H27N5O5/c1-23-9-7-14(8-10-23)27(13-15-6-5-11-32-15)20(29)16-12-17(28)24(2)19-18(16)21(30)26(4)22(31)25(19)3/h5-6,11-12,14H,7-10,13H2,1-4H3. The second-order valence-corrected chi connectivity index (χ2v) is 8.41. The van der Waals surface area contributed by atoms with Gasteiger partial charge >= 0.3 is 5.69 Å². The highest BCUT2D eigenvalue weighted by atomic mass is 16.3. The number of rotatable bonds is 4. The fourth-order valence-corrected chi connectivity index (χ4v) is 4.43. The molecule has 0 aromatic carbocycles. The molecule has 10 nitrogen and oxygen atoms in total. The number of fused-ring (bicyclic) bond motifs is 1. The summed E-state index contributed by atoms with van der Waals surface area (Å²) in [6.07, 6.45) is 3.08. The van der Waals surface area contributed by atoms with Crippen molar-refractivity contribution in [3.8, 4) is 0 Å². The lowest BCUT2D eigenvalue weighted by Gasteiger charge is -2.37. The highest BCUT2D eigenvalue weighted by Gasteiger charge is 2.31. The first kappa shape index (κ1) is 21.8. The molecular weight excluding hydrogens is 414 g/mol. The molecule has 0 radical (unpaired) electrons. The number of hydrogen-bond acceptors (Lipinski definition) is 6. The zero-order chi connectivity index (χ0) is 23.2. The largest absolute Gasteiger partial charge is 0.467 e. The van der Waals surface area contributed by atoms with Crippen molar-refractivity contribution in [3.05, 3.63) is 67.0 Å². The van der Waals surface area contributed by atoms with Crippen molar-refractivity contribution >= 4 is 16.9 Å². The number of carbonyl (C=O) groups excluding carboxylic acids is 1. The van der Waals surface area contributed by atoms with Crippen LogP contribution in [0.5, 0.6) is 0 Å². The smallest absolute Gasteiger partial charge is 0.332 e. The molecule has 0 saturated carbocycles. The Balaban J connectivity index is 1.91. The third-order valence-electron chi connectivity index (χ3n) is 6.35. The molecule has 1 saturated heterocycles. The summed E-state index contributed by atoms with van der Waals surface area (Å²) in [6.45, 7) is 1.89. The van der Waals surface area contributed by atoms with Crippen molar-refractivity contribution in [3.63, 3.8) is 0 Å². The quantitative estimate of drug-likeness (QED) is 0.576. The van der Waals surface area contributed by atoms with Crippen molar-refractivity contribution < 1.29 is 9.21 Å². The molecule has 4 rings (SSSR count). The highest BCUT2D eigenvalue weighted by molar-refractivity contribution is 6.05. The molecule has 10 heteroatoms. The van der Waals surface area contributed by atoms with Gasteiger partial charge in [0.1, 0.15) is 11.4 Å². The zero-order valence-corrected chi connectivity index (χ0v) is 18.7. The minimum absolute atomic E-state index is 0.00443. The Kier molecular flexibility index (Phi) is 5.64. The first-order valence-corrected chi connectivity index (χ1v) is 10.5. The molecule has 1 aliphatic rings. The van der Waals surface area contributed by atoms with E-state index in [2.05, 4.69) is 4.90 Å². The number of carbonyl (C=O) groups is 1. The van der Waals surface area contributed by atoms with Crippen molar-refractivity contribution in [2.75, 3.05) is 20.1 Å². The maximum atomic E-state index is 13.9. The van der Waals surface area contributed by atoms with Crippen LogP contribution in [0.2, 0.25) is 0 Å². The summed E-state index contributed by atoms with van der Waals surface area (Å²) >= 11 is 0. The van der Waals surface area contributed by atoms with E-state index in [0.29, 0.717) is 5.76 Å². The van der Waals surface area contributed by atoms with Crippen LogP contribution < -0.4 is 16.8 Å². The predicted octanol–water partition coefficient (Wildman–Crippen LogP) is 0.266. The van der Waals surface area contributed by atoms with Crippen molar-refractivity contribution in [2.24, 2.45) is 21.1 Å². The average Bonchev–Trinajstić information content (AvgIpc) is 3.29.